The molecule has 0 aliphatic rings. The van der Waals surface area contributed by atoms with Gasteiger partial charge in [0, 0.05) is 0 Å². The number of hydrogen-bond donors (Lipinski definition) is 0. The van der Waals surface area contributed by atoms with E-state index < -0.39 is 5.41 Å². The molecule has 0 radical (unpaired) electrons. The summed E-state index contributed by atoms with van der Waals surface area (Å²) in [6, 6.07) is 72.3. The van der Waals surface area contributed by atoms with E-state index in [1.54, 1.807) is 0 Å². The lowest BCUT2D eigenvalue weighted by atomic mass is 9.64. The fourth-order valence-electron chi connectivity index (χ4n) is 7.63. The highest BCUT2D eigenvalue weighted by molar-refractivity contribution is 5.72. The van der Waals surface area contributed by atoms with Crippen LogP contribution in [0.15, 0.2) is 194 Å². The van der Waals surface area contributed by atoms with Crippen molar-refractivity contribution in [1.82, 2.24) is 0 Å². The molecule has 0 aromatic heterocycles. The highest BCUT2D eigenvalue weighted by Crippen LogP contribution is 2.47. The molecule has 0 heterocycles. The molecule has 0 atom stereocenters. The minimum absolute atomic E-state index is 0.588. The molecule has 0 unspecified atom stereocenters. The quantitative estimate of drug-likeness (QED) is 0.138. The van der Waals surface area contributed by atoms with Crippen LogP contribution in [0.25, 0.3) is 44.5 Å². The van der Waals surface area contributed by atoms with Gasteiger partial charge in [-0.25, -0.2) is 0 Å². The monoisotopic (exact) mass is 710 g/mol. The van der Waals surface area contributed by atoms with Crippen molar-refractivity contribution in [3.63, 3.8) is 0 Å². The number of benzene rings is 8. The lowest BCUT2D eigenvalue weighted by molar-refractivity contribution is 0.745. The van der Waals surface area contributed by atoms with Gasteiger partial charge in [-0.05, 0) is 94.5 Å². The molecule has 0 spiro atoms. The third kappa shape index (κ3) is 7.73. The summed E-state index contributed by atoms with van der Waals surface area (Å²) in [6.07, 6.45) is 0. The molecule has 0 nitrogen and oxygen atoms in total. The first-order chi connectivity index (χ1) is 26.9. The molecule has 8 rings (SSSR count). The fraction of sp³-hybridized carbons (Fsp3) is 0.127. The topological polar surface area (TPSA) is 0 Å². The maximum atomic E-state index is 2.34. The van der Waals surface area contributed by atoms with Gasteiger partial charge in [0.25, 0.3) is 0 Å². The molecule has 0 amide bonds. The van der Waals surface area contributed by atoms with Crippen molar-refractivity contribution in [1.29, 1.82) is 0 Å². The second-order valence-corrected chi connectivity index (χ2v) is 14.5. The van der Waals surface area contributed by atoms with Gasteiger partial charge in [0.1, 0.15) is 0 Å². The van der Waals surface area contributed by atoms with Crippen LogP contribution in [0.1, 0.15) is 58.4 Å². The smallest absolute Gasteiger partial charge is 0.0683 e. The zero-order valence-corrected chi connectivity index (χ0v) is 33.0. The molecule has 0 bridgehead atoms. The van der Waals surface area contributed by atoms with Crippen molar-refractivity contribution >= 4 is 0 Å². The highest BCUT2D eigenvalue weighted by atomic mass is 14.4. The summed E-state index contributed by atoms with van der Waals surface area (Å²) >= 11 is 0. The Kier molecular flexibility index (Phi) is 11.1. The number of aryl methyl sites for hydroxylation is 4. The molecule has 0 saturated heterocycles. The predicted octanol–water partition coefficient (Wildman–Crippen LogP) is 15.0. The second-order valence-electron chi connectivity index (χ2n) is 14.5. The van der Waals surface area contributed by atoms with Crippen molar-refractivity contribution in [3.05, 3.63) is 239 Å². The third-order valence-corrected chi connectivity index (χ3v) is 10.8. The van der Waals surface area contributed by atoms with Crippen LogP contribution in [0, 0.1) is 27.7 Å². The Bertz CT molecular complexity index is 2070. The van der Waals surface area contributed by atoms with Crippen molar-refractivity contribution < 1.29 is 0 Å². The Balaban J connectivity index is 0.00000229. The van der Waals surface area contributed by atoms with Crippen LogP contribution in [0.3, 0.4) is 0 Å². The van der Waals surface area contributed by atoms with Crippen LogP contribution in [0.5, 0.6) is 0 Å². The van der Waals surface area contributed by atoms with Gasteiger partial charge in [-0.1, -0.05) is 230 Å². The highest BCUT2D eigenvalue weighted by Gasteiger charge is 2.38. The second kappa shape index (κ2) is 16.4. The average molecular weight is 711 g/mol. The lowest BCUT2D eigenvalue weighted by Gasteiger charge is -2.37. The van der Waals surface area contributed by atoms with Crippen molar-refractivity contribution in [2.75, 3.05) is 0 Å². The van der Waals surface area contributed by atoms with E-state index in [4.69, 9.17) is 0 Å². The van der Waals surface area contributed by atoms with Gasteiger partial charge in [0.2, 0.25) is 0 Å². The Morgan fingerprint density at radius 2 is 0.327 bits per heavy atom. The SMILES string of the molecule is CC.Cc1ccc(-c2ccc(C(c3ccc(-c4ccc(C)cc4)cc3)(c3ccc(-c4ccc(C)cc4)cc3)c3ccc(-c4ccc(C)cc4)cc3)cc2)cc1. The van der Waals surface area contributed by atoms with Gasteiger partial charge in [-0.3, -0.25) is 0 Å². The van der Waals surface area contributed by atoms with Crippen molar-refractivity contribution in [2.45, 2.75) is 47.0 Å². The fourth-order valence-corrected chi connectivity index (χ4v) is 7.63. The van der Waals surface area contributed by atoms with Gasteiger partial charge in [0.05, 0.1) is 5.41 Å². The first kappa shape index (κ1) is 37.1. The molecule has 0 heteroatoms. The van der Waals surface area contributed by atoms with Crippen molar-refractivity contribution in [3.8, 4) is 44.5 Å². The minimum atomic E-state index is -0.588. The molecule has 8 aromatic rings. The molecule has 0 aliphatic heterocycles. The Morgan fingerprint density at radius 3 is 0.473 bits per heavy atom. The third-order valence-electron chi connectivity index (χ3n) is 10.8. The number of hydrogen-bond acceptors (Lipinski definition) is 0. The molecule has 55 heavy (non-hydrogen) atoms. The van der Waals surface area contributed by atoms with Gasteiger partial charge < -0.3 is 0 Å². The summed E-state index contributed by atoms with van der Waals surface area (Å²) < 4.78 is 0. The van der Waals surface area contributed by atoms with E-state index in [-0.39, 0.29) is 0 Å². The summed E-state index contributed by atoms with van der Waals surface area (Å²) in [4.78, 5) is 0. The summed E-state index contributed by atoms with van der Waals surface area (Å²) in [7, 11) is 0. The largest absolute Gasteiger partial charge is 0.0701 e. The van der Waals surface area contributed by atoms with Gasteiger partial charge in [-0.2, -0.15) is 0 Å². The Morgan fingerprint density at radius 1 is 0.200 bits per heavy atom. The Labute approximate surface area is 328 Å². The minimum Gasteiger partial charge on any atom is -0.0683 e. The molecule has 0 N–H and O–H groups in total. The zero-order valence-electron chi connectivity index (χ0n) is 33.0. The summed E-state index contributed by atoms with van der Waals surface area (Å²) in [5.74, 6) is 0. The van der Waals surface area contributed by atoms with Gasteiger partial charge in [-0.15, -0.1) is 0 Å². The normalized spacial score (nSPS) is 11.1. The van der Waals surface area contributed by atoms with E-state index in [0.717, 1.165) is 0 Å². The van der Waals surface area contributed by atoms with E-state index >= 15 is 0 Å². The Hall–Kier alpha value is -6.24. The summed E-state index contributed by atoms with van der Waals surface area (Å²) in [5.41, 5.74) is 19.1. The van der Waals surface area contributed by atoms with Crippen LogP contribution in [-0.4, -0.2) is 0 Å². The first-order valence-electron chi connectivity index (χ1n) is 19.6. The lowest BCUT2D eigenvalue weighted by Crippen LogP contribution is -2.31. The van der Waals surface area contributed by atoms with Crippen molar-refractivity contribution in [2.24, 2.45) is 0 Å². The van der Waals surface area contributed by atoms with Crippen LogP contribution < -0.4 is 0 Å². The number of rotatable bonds is 8. The van der Waals surface area contributed by atoms with E-state index in [1.165, 1.54) is 89.0 Å². The average Bonchev–Trinajstić information content (AvgIpc) is 3.24. The maximum absolute atomic E-state index is 2.34. The predicted molar refractivity (Wildman–Crippen MR) is 237 cm³/mol. The standard InChI is InChI=1S/C53H44.C2H6/c1-37-5-13-41(14-6-37)45-21-29-49(30-22-45)53(50-31-23-46(24-32-50)42-15-7-38(2)8-16-42,51-33-25-47(26-34-51)43-17-9-39(3)10-18-43)52-35-27-48(28-36-52)44-19-11-40(4)12-20-44;1-2/h5-36H,1-4H3;1-2H3. The first-order valence-corrected chi connectivity index (χ1v) is 19.6. The molecule has 0 fully saturated rings. The summed E-state index contributed by atoms with van der Waals surface area (Å²) in [6.45, 7) is 12.6. The molecule has 0 saturated carbocycles. The van der Waals surface area contributed by atoms with E-state index in [9.17, 15) is 0 Å². The van der Waals surface area contributed by atoms with Crippen LogP contribution in [0.4, 0.5) is 0 Å². The van der Waals surface area contributed by atoms with E-state index in [2.05, 4.69) is 222 Å². The van der Waals surface area contributed by atoms with Crippen LogP contribution in [0.2, 0.25) is 0 Å². The van der Waals surface area contributed by atoms with E-state index in [1.807, 2.05) is 13.8 Å². The van der Waals surface area contributed by atoms with Gasteiger partial charge in [0.15, 0.2) is 0 Å². The molecule has 8 aromatic carbocycles. The maximum Gasteiger partial charge on any atom is 0.0701 e. The van der Waals surface area contributed by atoms with Crippen LogP contribution >= 0.6 is 0 Å². The molecular formula is C55H50. The van der Waals surface area contributed by atoms with Gasteiger partial charge >= 0.3 is 0 Å². The van der Waals surface area contributed by atoms with Crippen LogP contribution in [-0.2, 0) is 5.41 Å². The van der Waals surface area contributed by atoms with E-state index in [0.29, 0.717) is 0 Å². The molecular weight excluding hydrogens is 661 g/mol. The zero-order chi connectivity index (χ0) is 38.4. The molecule has 0 aliphatic carbocycles. The molecule has 270 valence electrons. The summed E-state index contributed by atoms with van der Waals surface area (Å²) in [5, 5.41) is 0.